The summed E-state index contributed by atoms with van der Waals surface area (Å²) in [5, 5.41) is 9.35. The summed E-state index contributed by atoms with van der Waals surface area (Å²) < 4.78 is 25.4. The van der Waals surface area contributed by atoms with Crippen LogP contribution in [-0.4, -0.2) is 15.5 Å². The van der Waals surface area contributed by atoms with Crippen LogP contribution < -0.4 is 0 Å². The Hall–Kier alpha value is 0.300. The van der Waals surface area contributed by atoms with Crippen molar-refractivity contribution in [3.8, 4) is 0 Å². The van der Waals surface area contributed by atoms with Crippen molar-refractivity contribution in [3.63, 3.8) is 0 Å². The molecule has 0 aliphatic rings. The monoisotopic (exact) mass is 258 g/mol. The minimum atomic E-state index is -3.19. The average Bonchev–Trinajstić information content (AvgIpc) is 1.96. The molecule has 0 aromatic heterocycles. The first kappa shape index (κ1) is 13.3. The standard InChI is InChI=1S/C9H17BrF2O/c1-3-4-5-6-7-8(2,13)9(10,11)12/h13H,3-7H2,1-2H3. The third-order valence-corrected chi connectivity index (χ3v) is 2.98. The van der Waals surface area contributed by atoms with Crippen molar-refractivity contribution in [2.45, 2.75) is 56.4 Å². The highest BCUT2D eigenvalue weighted by molar-refractivity contribution is 9.10. The van der Waals surface area contributed by atoms with Gasteiger partial charge < -0.3 is 5.11 Å². The Morgan fingerprint density at radius 1 is 1.23 bits per heavy atom. The van der Waals surface area contributed by atoms with Gasteiger partial charge in [-0.1, -0.05) is 32.6 Å². The highest BCUT2D eigenvalue weighted by Gasteiger charge is 2.45. The first-order valence-corrected chi connectivity index (χ1v) is 5.39. The van der Waals surface area contributed by atoms with Crippen LogP contribution in [0, 0.1) is 0 Å². The lowest BCUT2D eigenvalue weighted by Gasteiger charge is -2.28. The number of alkyl halides is 3. The first-order valence-electron chi connectivity index (χ1n) is 4.60. The van der Waals surface area contributed by atoms with Crippen molar-refractivity contribution in [1.29, 1.82) is 0 Å². The average molecular weight is 259 g/mol. The lowest BCUT2D eigenvalue weighted by atomic mass is 9.98. The number of aliphatic hydroxyl groups is 1. The predicted octanol–water partition coefficient (Wildman–Crippen LogP) is 3.70. The molecule has 0 amide bonds. The molecule has 0 saturated carbocycles. The molecule has 1 nitrogen and oxygen atoms in total. The van der Waals surface area contributed by atoms with E-state index in [9.17, 15) is 13.9 Å². The van der Waals surface area contributed by atoms with Crippen molar-refractivity contribution in [3.05, 3.63) is 0 Å². The lowest BCUT2D eigenvalue weighted by Crippen LogP contribution is -2.40. The molecule has 0 saturated heterocycles. The highest BCUT2D eigenvalue weighted by Crippen LogP contribution is 2.37. The van der Waals surface area contributed by atoms with Crippen LogP contribution in [0.5, 0.6) is 0 Å². The maximum Gasteiger partial charge on any atom is 0.329 e. The van der Waals surface area contributed by atoms with Crippen LogP contribution in [0.15, 0.2) is 0 Å². The maximum atomic E-state index is 12.7. The molecular formula is C9H17BrF2O. The third kappa shape index (κ3) is 4.91. The van der Waals surface area contributed by atoms with Gasteiger partial charge in [-0.15, -0.1) is 0 Å². The summed E-state index contributed by atoms with van der Waals surface area (Å²) in [6.07, 6.45) is 3.76. The van der Waals surface area contributed by atoms with Crippen LogP contribution in [0.4, 0.5) is 8.78 Å². The molecule has 13 heavy (non-hydrogen) atoms. The smallest absolute Gasteiger partial charge is 0.329 e. The SMILES string of the molecule is CCCCCCC(C)(O)C(F)(F)Br. The molecule has 80 valence electrons. The van der Waals surface area contributed by atoms with Gasteiger partial charge in [-0.25, -0.2) is 0 Å². The second-order valence-corrected chi connectivity index (χ2v) is 4.58. The second kappa shape index (κ2) is 5.25. The van der Waals surface area contributed by atoms with Gasteiger partial charge in [0, 0.05) is 0 Å². The number of halogens is 3. The summed E-state index contributed by atoms with van der Waals surface area (Å²) in [7, 11) is 0. The molecule has 0 spiro atoms. The number of rotatable bonds is 6. The minimum absolute atomic E-state index is 0.130. The number of unbranched alkanes of at least 4 members (excludes halogenated alkanes) is 3. The van der Waals surface area contributed by atoms with Gasteiger partial charge in [0.1, 0.15) is 5.60 Å². The zero-order chi connectivity index (χ0) is 10.5. The van der Waals surface area contributed by atoms with E-state index in [0.29, 0.717) is 6.42 Å². The Bertz CT molecular complexity index is 143. The molecule has 0 fully saturated rings. The molecule has 1 atom stereocenters. The van der Waals surface area contributed by atoms with E-state index in [-0.39, 0.29) is 6.42 Å². The normalized spacial score (nSPS) is 17.1. The summed E-state index contributed by atoms with van der Waals surface area (Å²) in [5.41, 5.74) is -1.93. The van der Waals surface area contributed by atoms with E-state index >= 15 is 0 Å². The van der Waals surface area contributed by atoms with Gasteiger partial charge in [0.05, 0.1) is 0 Å². The largest absolute Gasteiger partial charge is 0.383 e. The Labute approximate surface area is 86.7 Å². The molecule has 0 bridgehead atoms. The van der Waals surface area contributed by atoms with Gasteiger partial charge in [0.15, 0.2) is 0 Å². The van der Waals surface area contributed by atoms with E-state index in [4.69, 9.17) is 0 Å². The third-order valence-electron chi connectivity index (χ3n) is 2.13. The van der Waals surface area contributed by atoms with Crippen molar-refractivity contribution in [2.75, 3.05) is 0 Å². The highest BCUT2D eigenvalue weighted by atomic mass is 79.9. The summed E-state index contributed by atoms with van der Waals surface area (Å²) in [6.45, 7) is 3.21. The molecule has 4 heteroatoms. The van der Waals surface area contributed by atoms with Gasteiger partial charge in [-0.3, -0.25) is 0 Å². The molecular weight excluding hydrogens is 242 g/mol. The van der Waals surface area contributed by atoms with Crippen molar-refractivity contribution in [2.24, 2.45) is 0 Å². The zero-order valence-corrected chi connectivity index (χ0v) is 9.70. The van der Waals surface area contributed by atoms with Gasteiger partial charge in [-0.2, -0.15) is 8.78 Å². The maximum absolute atomic E-state index is 12.7. The molecule has 0 aliphatic heterocycles. The summed E-state index contributed by atoms with van der Waals surface area (Å²) in [4.78, 5) is -3.19. The van der Waals surface area contributed by atoms with E-state index in [2.05, 4.69) is 22.9 Å². The van der Waals surface area contributed by atoms with Crippen molar-refractivity contribution >= 4 is 15.9 Å². The number of hydrogen-bond acceptors (Lipinski definition) is 1. The summed E-state index contributed by atoms with van der Waals surface area (Å²) >= 11 is 2.19. The van der Waals surface area contributed by atoms with E-state index in [1.165, 1.54) is 0 Å². The fourth-order valence-corrected chi connectivity index (χ4v) is 1.24. The summed E-state index contributed by atoms with van der Waals surface area (Å²) in [5.74, 6) is 0. The van der Waals surface area contributed by atoms with Crippen LogP contribution in [-0.2, 0) is 0 Å². The molecule has 0 radical (unpaired) electrons. The van der Waals surface area contributed by atoms with Crippen LogP contribution in [0.2, 0.25) is 0 Å². The van der Waals surface area contributed by atoms with Crippen LogP contribution in [0.1, 0.15) is 46.0 Å². The van der Waals surface area contributed by atoms with E-state index in [1.54, 1.807) is 0 Å². The quantitative estimate of drug-likeness (QED) is 0.569. The van der Waals surface area contributed by atoms with Crippen LogP contribution in [0.3, 0.4) is 0 Å². The lowest BCUT2D eigenvalue weighted by molar-refractivity contribution is -0.108. The molecule has 0 aromatic carbocycles. The minimum Gasteiger partial charge on any atom is -0.383 e. The van der Waals surface area contributed by atoms with E-state index in [1.807, 2.05) is 0 Å². The summed E-state index contributed by atoms with van der Waals surface area (Å²) in [6, 6.07) is 0. The molecule has 0 aromatic rings. The number of hydrogen-bond donors (Lipinski definition) is 1. The molecule has 0 heterocycles. The van der Waals surface area contributed by atoms with E-state index in [0.717, 1.165) is 26.2 Å². The van der Waals surface area contributed by atoms with Crippen LogP contribution >= 0.6 is 15.9 Å². The van der Waals surface area contributed by atoms with Crippen LogP contribution in [0.25, 0.3) is 0 Å². The van der Waals surface area contributed by atoms with Gasteiger partial charge in [0.25, 0.3) is 0 Å². The Morgan fingerprint density at radius 2 is 1.77 bits per heavy atom. The van der Waals surface area contributed by atoms with Crippen molar-refractivity contribution in [1.82, 2.24) is 0 Å². The molecule has 1 unspecified atom stereocenters. The fraction of sp³-hybridized carbons (Fsp3) is 1.00. The first-order chi connectivity index (χ1) is 5.81. The predicted molar refractivity (Wildman–Crippen MR) is 53.3 cm³/mol. The van der Waals surface area contributed by atoms with Gasteiger partial charge >= 0.3 is 4.83 Å². The zero-order valence-electron chi connectivity index (χ0n) is 8.12. The second-order valence-electron chi connectivity index (χ2n) is 3.58. The Balaban J connectivity index is 3.77. The molecule has 0 aliphatic carbocycles. The van der Waals surface area contributed by atoms with Crippen molar-refractivity contribution < 1.29 is 13.9 Å². The van der Waals surface area contributed by atoms with Gasteiger partial charge in [-0.05, 0) is 29.3 Å². The Morgan fingerprint density at radius 3 is 2.15 bits per heavy atom. The molecule has 1 N–H and O–H groups in total. The van der Waals surface area contributed by atoms with Gasteiger partial charge in [0.2, 0.25) is 0 Å². The topological polar surface area (TPSA) is 20.2 Å². The van der Waals surface area contributed by atoms with E-state index < -0.39 is 10.4 Å². The molecule has 0 rings (SSSR count). The Kier molecular flexibility index (Phi) is 5.37. The fourth-order valence-electron chi connectivity index (χ4n) is 1.04.